The lowest BCUT2D eigenvalue weighted by molar-refractivity contribution is 0.0500. The Balaban J connectivity index is 1.46. The molecule has 1 fully saturated rings. The van der Waals surface area contributed by atoms with E-state index in [1.807, 2.05) is 0 Å². The molecule has 160 valence electrons. The first-order valence-corrected chi connectivity index (χ1v) is 10.9. The molecule has 1 aliphatic heterocycles. The molecule has 0 unspecified atom stereocenters. The van der Waals surface area contributed by atoms with E-state index in [9.17, 15) is 5.11 Å². The molecule has 2 aromatic carbocycles. The Morgan fingerprint density at radius 3 is 2.67 bits per heavy atom. The van der Waals surface area contributed by atoms with Crippen LogP contribution in [-0.2, 0) is 13.1 Å². The number of aliphatic hydroxyl groups excluding tert-OH is 1. The Hall–Kier alpha value is -2.34. The highest BCUT2D eigenvalue weighted by molar-refractivity contribution is 5.82. The molecule has 5 nitrogen and oxygen atoms in total. The van der Waals surface area contributed by atoms with Gasteiger partial charge in [0.2, 0.25) is 0 Å². The Bertz CT molecular complexity index is 997. The van der Waals surface area contributed by atoms with Crippen molar-refractivity contribution < 1.29 is 9.84 Å². The standard InChI is InChI=1S/C25H33N3O2/c1-18-19(2)25(30-3)9-8-20(18)16-28-12-11-27(17-22(28)10-13-29)15-21-14-26-24-7-5-4-6-23(21)24/h4-9,14,22,26,29H,10-13,15-17H2,1-3H3/t22-/m1/s1. The number of hydrogen-bond donors (Lipinski definition) is 2. The summed E-state index contributed by atoms with van der Waals surface area (Å²) in [6, 6.07) is 13.1. The third kappa shape index (κ3) is 4.24. The number of H-pyrrole nitrogens is 1. The van der Waals surface area contributed by atoms with Gasteiger partial charge in [-0.15, -0.1) is 0 Å². The lowest BCUT2D eigenvalue weighted by Gasteiger charge is -2.41. The van der Waals surface area contributed by atoms with Crippen LogP contribution in [-0.4, -0.2) is 59.3 Å². The molecule has 5 heteroatoms. The van der Waals surface area contributed by atoms with Crippen molar-refractivity contribution >= 4 is 10.9 Å². The zero-order chi connectivity index (χ0) is 21.1. The molecule has 1 saturated heterocycles. The van der Waals surface area contributed by atoms with Crippen LogP contribution >= 0.6 is 0 Å². The largest absolute Gasteiger partial charge is 0.496 e. The van der Waals surface area contributed by atoms with Gasteiger partial charge in [-0.25, -0.2) is 0 Å². The maximum Gasteiger partial charge on any atom is 0.122 e. The van der Waals surface area contributed by atoms with E-state index in [-0.39, 0.29) is 6.61 Å². The monoisotopic (exact) mass is 407 g/mol. The molecule has 1 aromatic heterocycles. The third-order valence-electron chi connectivity index (χ3n) is 6.66. The second-order valence-electron chi connectivity index (χ2n) is 8.41. The number of nitrogens with one attached hydrogen (secondary N) is 1. The molecular weight excluding hydrogens is 374 g/mol. The average molecular weight is 408 g/mol. The van der Waals surface area contributed by atoms with Gasteiger partial charge in [0, 0.05) is 62.5 Å². The van der Waals surface area contributed by atoms with Gasteiger partial charge in [0.1, 0.15) is 5.75 Å². The summed E-state index contributed by atoms with van der Waals surface area (Å²) in [6.45, 7) is 9.43. The average Bonchev–Trinajstić information content (AvgIpc) is 3.16. The predicted octanol–water partition coefficient (Wildman–Crippen LogP) is 3.86. The second kappa shape index (κ2) is 9.21. The molecule has 0 bridgehead atoms. The number of aliphatic hydroxyl groups is 1. The number of ether oxygens (including phenoxy) is 1. The Morgan fingerprint density at radius 1 is 1.03 bits per heavy atom. The predicted molar refractivity (Wildman–Crippen MR) is 122 cm³/mol. The number of benzene rings is 2. The zero-order valence-corrected chi connectivity index (χ0v) is 18.3. The Morgan fingerprint density at radius 2 is 1.87 bits per heavy atom. The molecular formula is C25H33N3O2. The normalized spacial score (nSPS) is 18.2. The number of aromatic nitrogens is 1. The lowest BCUT2D eigenvalue weighted by Crippen LogP contribution is -2.52. The molecule has 2 heterocycles. The van der Waals surface area contributed by atoms with Gasteiger partial charge >= 0.3 is 0 Å². The minimum absolute atomic E-state index is 0.225. The minimum Gasteiger partial charge on any atom is -0.496 e. The van der Waals surface area contributed by atoms with Gasteiger partial charge in [0.25, 0.3) is 0 Å². The third-order valence-corrected chi connectivity index (χ3v) is 6.66. The fourth-order valence-corrected chi connectivity index (χ4v) is 4.70. The van der Waals surface area contributed by atoms with Crippen LogP contribution in [0.3, 0.4) is 0 Å². The molecule has 3 aromatic rings. The molecule has 0 amide bonds. The maximum atomic E-state index is 9.69. The van der Waals surface area contributed by atoms with Crippen molar-refractivity contribution in [3.8, 4) is 5.75 Å². The van der Waals surface area contributed by atoms with Crippen LogP contribution < -0.4 is 4.74 Å². The summed E-state index contributed by atoms with van der Waals surface area (Å²) in [5.74, 6) is 0.951. The van der Waals surface area contributed by atoms with E-state index in [1.54, 1.807) is 7.11 Å². The van der Waals surface area contributed by atoms with E-state index in [0.29, 0.717) is 6.04 Å². The van der Waals surface area contributed by atoms with E-state index in [2.05, 4.69) is 71.2 Å². The van der Waals surface area contributed by atoms with Crippen molar-refractivity contribution in [2.24, 2.45) is 0 Å². The van der Waals surface area contributed by atoms with Crippen LogP contribution in [0.15, 0.2) is 42.6 Å². The van der Waals surface area contributed by atoms with Crippen LogP contribution in [0.4, 0.5) is 0 Å². The van der Waals surface area contributed by atoms with Crippen molar-refractivity contribution in [2.45, 2.75) is 39.4 Å². The van der Waals surface area contributed by atoms with Gasteiger partial charge in [-0.05, 0) is 54.7 Å². The van der Waals surface area contributed by atoms with Crippen LogP contribution in [0.5, 0.6) is 5.75 Å². The number of para-hydroxylation sites is 1. The highest BCUT2D eigenvalue weighted by Gasteiger charge is 2.27. The molecule has 2 N–H and O–H groups in total. The number of methoxy groups -OCH3 is 1. The number of fused-ring (bicyclic) bond motifs is 1. The quantitative estimate of drug-likeness (QED) is 0.624. The zero-order valence-electron chi connectivity index (χ0n) is 18.3. The van der Waals surface area contributed by atoms with Gasteiger partial charge in [-0.3, -0.25) is 9.80 Å². The topological polar surface area (TPSA) is 51.7 Å². The van der Waals surface area contributed by atoms with Gasteiger partial charge in [-0.1, -0.05) is 24.3 Å². The van der Waals surface area contributed by atoms with E-state index < -0.39 is 0 Å². The summed E-state index contributed by atoms with van der Waals surface area (Å²) in [4.78, 5) is 8.45. The number of rotatable bonds is 7. The van der Waals surface area contributed by atoms with Crippen molar-refractivity contribution in [1.29, 1.82) is 0 Å². The van der Waals surface area contributed by atoms with Crippen LogP contribution in [0, 0.1) is 13.8 Å². The van der Waals surface area contributed by atoms with Crippen LogP contribution in [0.25, 0.3) is 10.9 Å². The summed E-state index contributed by atoms with van der Waals surface area (Å²) in [5, 5.41) is 11.0. The lowest BCUT2D eigenvalue weighted by atomic mass is 10.00. The maximum absolute atomic E-state index is 9.69. The van der Waals surface area contributed by atoms with Crippen molar-refractivity contribution in [3.63, 3.8) is 0 Å². The summed E-state index contributed by atoms with van der Waals surface area (Å²) in [6.07, 6.45) is 2.94. The van der Waals surface area contributed by atoms with Gasteiger partial charge in [0.15, 0.2) is 0 Å². The van der Waals surface area contributed by atoms with Gasteiger partial charge in [0.05, 0.1) is 7.11 Å². The number of aromatic amines is 1. The molecule has 30 heavy (non-hydrogen) atoms. The van der Waals surface area contributed by atoms with Crippen LogP contribution in [0.1, 0.15) is 28.7 Å². The summed E-state index contributed by atoms with van der Waals surface area (Å²) >= 11 is 0. The van der Waals surface area contributed by atoms with Gasteiger partial charge < -0.3 is 14.8 Å². The van der Waals surface area contributed by atoms with Crippen LogP contribution in [0.2, 0.25) is 0 Å². The first-order valence-electron chi connectivity index (χ1n) is 10.9. The summed E-state index contributed by atoms with van der Waals surface area (Å²) in [7, 11) is 1.73. The van der Waals surface area contributed by atoms with E-state index >= 15 is 0 Å². The second-order valence-corrected chi connectivity index (χ2v) is 8.41. The highest BCUT2D eigenvalue weighted by atomic mass is 16.5. The molecule has 4 rings (SSSR count). The van der Waals surface area contributed by atoms with Crippen molar-refractivity contribution in [2.75, 3.05) is 33.4 Å². The smallest absolute Gasteiger partial charge is 0.122 e. The fraction of sp³-hybridized carbons (Fsp3) is 0.440. The number of nitrogens with zero attached hydrogens (tertiary/aromatic N) is 2. The minimum atomic E-state index is 0.225. The van der Waals surface area contributed by atoms with Crippen molar-refractivity contribution in [1.82, 2.24) is 14.8 Å². The van der Waals surface area contributed by atoms with E-state index in [4.69, 9.17) is 4.74 Å². The first-order chi connectivity index (χ1) is 14.6. The van der Waals surface area contributed by atoms with Crippen molar-refractivity contribution in [3.05, 3.63) is 64.8 Å². The molecule has 0 spiro atoms. The molecule has 0 saturated carbocycles. The Labute approximate surface area is 179 Å². The first kappa shape index (κ1) is 20.9. The molecule has 1 aliphatic rings. The number of piperazine rings is 1. The molecule has 0 radical (unpaired) electrons. The molecule has 0 aliphatic carbocycles. The van der Waals surface area contributed by atoms with Gasteiger partial charge in [-0.2, -0.15) is 0 Å². The number of hydrogen-bond acceptors (Lipinski definition) is 4. The fourth-order valence-electron chi connectivity index (χ4n) is 4.70. The summed E-state index contributed by atoms with van der Waals surface area (Å²) in [5.41, 5.74) is 6.41. The van der Waals surface area contributed by atoms with E-state index in [0.717, 1.165) is 44.9 Å². The van der Waals surface area contributed by atoms with E-state index in [1.165, 1.54) is 33.2 Å². The Kier molecular flexibility index (Phi) is 6.42. The summed E-state index contributed by atoms with van der Waals surface area (Å²) < 4.78 is 5.47. The molecule has 1 atom stereocenters. The highest BCUT2D eigenvalue weighted by Crippen LogP contribution is 2.27. The SMILES string of the molecule is COc1ccc(CN2CCN(Cc3c[nH]c4ccccc34)C[C@H]2CCO)c(C)c1C.